The van der Waals surface area contributed by atoms with Crippen LogP contribution in [0.2, 0.25) is 10.0 Å². The second-order valence-electron chi connectivity index (χ2n) is 4.69. The van der Waals surface area contributed by atoms with Crippen LogP contribution < -0.4 is 5.32 Å². The van der Waals surface area contributed by atoms with E-state index in [1.165, 1.54) is 12.1 Å². The van der Waals surface area contributed by atoms with Crippen LogP contribution in [-0.4, -0.2) is 7.05 Å². The molecule has 1 atom stereocenters. The first kappa shape index (κ1) is 14.4. The number of furan rings is 1. The Hall–Kier alpha value is -1.55. The molecule has 0 spiro atoms. The van der Waals surface area contributed by atoms with Gasteiger partial charge in [0.25, 0.3) is 0 Å². The topological polar surface area (TPSA) is 25.2 Å². The maximum Gasteiger partial charge on any atom is 0.152 e. The van der Waals surface area contributed by atoms with Crippen molar-refractivity contribution in [2.75, 3.05) is 7.05 Å². The molecular weight excluding hydrogens is 312 g/mol. The molecule has 0 aliphatic carbocycles. The molecule has 0 aliphatic rings. The zero-order chi connectivity index (χ0) is 15.0. The predicted octanol–water partition coefficient (Wildman–Crippen LogP) is 5.19. The molecule has 0 bridgehead atoms. The lowest BCUT2D eigenvalue weighted by Crippen LogP contribution is -2.17. The maximum absolute atomic E-state index is 13.2. The van der Waals surface area contributed by atoms with Gasteiger partial charge in [0.05, 0.1) is 11.1 Å². The van der Waals surface area contributed by atoms with Crippen LogP contribution in [-0.2, 0) is 0 Å². The molecule has 3 aromatic rings. The monoisotopic (exact) mass is 323 g/mol. The van der Waals surface area contributed by atoms with Crippen molar-refractivity contribution in [1.82, 2.24) is 5.32 Å². The fraction of sp³-hybridized carbons (Fsp3) is 0.125. The van der Waals surface area contributed by atoms with E-state index in [0.29, 0.717) is 21.4 Å². The van der Waals surface area contributed by atoms with Gasteiger partial charge in [-0.1, -0.05) is 41.4 Å². The third-order valence-corrected chi connectivity index (χ3v) is 3.99. The van der Waals surface area contributed by atoms with Gasteiger partial charge in [0, 0.05) is 10.4 Å². The van der Waals surface area contributed by atoms with Crippen molar-refractivity contribution < 1.29 is 8.81 Å². The van der Waals surface area contributed by atoms with Crippen molar-refractivity contribution in [3.05, 3.63) is 69.7 Å². The van der Waals surface area contributed by atoms with E-state index in [2.05, 4.69) is 5.32 Å². The zero-order valence-electron chi connectivity index (χ0n) is 11.2. The summed E-state index contributed by atoms with van der Waals surface area (Å²) in [6.45, 7) is 0. The SMILES string of the molecule is CNC(c1cc2cccc(Cl)c2o1)c1ccc(F)cc1Cl. The van der Waals surface area contributed by atoms with Crippen molar-refractivity contribution in [3.63, 3.8) is 0 Å². The van der Waals surface area contributed by atoms with E-state index < -0.39 is 0 Å². The molecule has 0 fully saturated rings. The minimum absolute atomic E-state index is 0.276. The Labute approximate surface area is 131 Å². The molecule has 1 heterocycles. The van der Waals surface area contributed by atoms with E-state index >= 15 is 0 Å². The minimum Gasteiger partial charge on any atom is -0.457 e. The quantitative estimate of drug-likeness (QED) is 0.717. The Balaban J connectivity index is 2.11. The van der Waals surface area contributed by atoms with Crippen LogP contribution in [0, 0.1) is 5.82 Å². The second-order valence-corrected chi connectivity index (χ2v) is 5.51. The van der Waals surface area contributed by atoms with Crippen molar-refractivity contribution >= 4 is 34.2 Å². The van der Waals surface area contributed by atoms with E-state index in [-0.39, 0.29) is 11.9 Å². The minimum atomic E-state index is -0.369. The van der Waals surface area contributed by atoms with Gasteiger partial charge >= 0.3 is 0 Å². The number of hydrogen-bond donors (Lipinski definition) is 1. The first-order valence-corrected chi connectivity index (χ1v) is 7.16. The number of rotatable bonds is 3. The van der Waals surface area contributed by atoms with Gasteiger partial charge in [-0.05, 0) is 36.9 Å². The summed E-state index contributed by atoms with van der Waals surface area (Å²) in [4.78, 5) is 0. The Kier molecular flexibility index (Phi) is 3.89. The highest BCUT2D eigenvalue weighted by Crippen LogP contribution is 2.34. The number of fused-ring (bicyclic) bond motifs is 1. The predicted molar refractivity (Wildman–Crippen MR) is 83.5 cm³/mol. The van der Waals surface area contributed by atoms with E-state index in [1.54, 1.807) is 19.2 Å². The van der Waals surface area contributed by atoms with E-state index in [4.69, 9.17) is 27.6 Å². The van der Waals surface area contributed by atoms with Crippen LogP contribution in [0.4, 0.5) is 4.39 Å². The number of para-hydroxylation sites is 1. The fourth-order valence-electron chi connectivity index (χ4n) is 2.38. The summed E-state index contributed by atoms with van der Waals surface area (Å²) in [5.41, 5.74) is 1.38. The van der Waals surface area contributed by atoms with Gasteiger partial charge < -0.3 is 9.73 Å². The normalized spacial score (nSPS) is 12.8. The lowest BCUT2D eigenvalue weighted by atomic mass is 10.0. The van der Waals surface area contributed by atoms with E-state index in [0.717, 1.165) is 10.9 Å². The Bertz CT molecular complexity index is 800. The van der Waals surface area contributed by atoms with Gasteiger partial charge in [-0.3, -0.25) is 0 Å². The fourth-order valence-corrected chi connectivity index (χ4v) is 2.87. The summed E-state index contributed by atoms with van der Waals surface area (Å²) in [6, 6.07) is 11.5. The van der Waals surface area contributed by atoms with Crippen molar-refractivity contribution in [2.45, 2.75) is 6.04 Å². The highest BCUT2D eigenvalue weighted by atomic mass is 35.5. The number of halogens is 3. The molecular formula is C16H12Cl2FNO. The molecule has 2 nitrogen and oxygen atoms in total. The van der Waals surface area contributed by atoms with Gasteiger partial charge in [-0.25, -0.2) is 4.39 Å². The third kappa shape index (κ3) is 2.64. The van der Waals surface area contributed by atoms with Gasteiger partial charge in [-0.2, -0.15) is 0 Å². The average molecular weight is 324 g/mol. The number of hydrogen-bond acceptors (Lipinski definition) is 2. The first-order valence-electron chi connectivity index (χ1n) is 6.40. The van der Waals surface area contributed by atoms with Crippen molar-refractivity contribution in [3.8, 4) is 0 Å². The smallest absolute Gasteiger partial charge is 0.152 e. The van der Waals surface area contributed by atoms with Crippen LogP contribution in [0.25, 0.3) is 11.0 Å². The molecule has 21 heavy (non-hydrogen) atoms. The second kappa shape index (κ2) is 5.68. The summed E-state index contributed by atoms with van der Waals surface area (Å²) < 4.78 is 19.0. The Morgan fingerprint density at radius 1 is 1.10 bits per heavy atom. The van der Waals surface area contributed by atoms with Gasteiger partial charge in [0.1, 0.15) is 11.6 Å². The van der Waals surface area contributed by atoms with E-state index in [1.807, 2.05) is 18.2 Å². The van der Waals surface area contributed by atoms with Crippen LogP contribution >= 0.6 is 23.2 Å². The largest absolute Gasteiger partial charge is 0.457 e. The molecule has 0 saturated carbocycles. The molecule has 0 radical (unpaired) electrons. The zero-order valence-corrected chi connectivity index (χ0v) is 12.7. The van der Waals surface area contributed by atoms with E-state index in [9.17, 15) is 4.39 Å². The van der Waals surface area contributed by atoms with Crippen LogP contribution in [0.3, 0.4) is 0 Å². The molecule has 2 aromatic carbocycles. The number of benzene rings is 2. The molecule has 108 valence electrons. The summed E-state index contributed by atoms with van der Waals surface area (Å²) in [6.07, 6.45) is 0. The Morgan fingerprint density at radius 3 is 2.57 bits per heavy atom. The lowest BCUT2D eigenvalue weighted by molar-refractivity contribution is 0.491. The lowest BCUT2D eigenvalue weighted by Gasteiger charge is -2.15. The molecule has 0 amide bonds. The standard InChI is InChI=1S/C16H12Cl2FNO/c1-20-15(11-6-5-10(19)8-13(11)18)14-7-9-3-2-4-12(17)16(9)21-14/h2-8,15,20H,1H3. The van der Waals surface area contributed by atoms with Crippen LogP contribution in [0.5, 0.6) is 0 Å². The van der Waals surface area contributed by atoms with Gasteiger partial charge in [0.15, 0.2) is 5.58 Å². The molecule has 1 unspecified atom stereocenters. The summed E-state index contributed by atoms with van der Waals surface area (Å²) in [5, 5.41) is 4.95. The van der Waals surface area contributed by atoms with Crippen LogP contribution in [0.1, 0.15) is 17.4 Å². The molecule has 5 heteroatoms. The molecule has 1 N–H and O–H groups in total. The van der Waals surface area contributed by atoms with Crippen molar-refractivity contribution in [1.29, 1.82) is 0 Å². The average Bonchev–Trinajstić information content (AvgIpc) is 2.87. The van der Waals surface area contributed by atoms with Crippen LogP contribution in [0.15, 0.2) is 46.9 Å². The molecule has 0 saturated heterocycles. The summed E-state index contributed by atoms with van der Waals surface area (Å²) in [5.74, 6) is 0.306. The maximum atomic E-state index is 13.2. The third-order valence-electron chi connectivity index (χ3n) is 3.36. The van der Waals surface area contributed by atoms with Gasteiger partial charge in [-0.15, -0.1) is 0 Å². The van der Waals surface area contributed by atoms with Crippen molar-refractivity contribution in [2.24, 2.45) is 0 Å². The molecule has 1 aromatic heterocycles. The summed E-state index contributed by atoms with van der Waals surface area (Å²) in [7, 11) is 1.79. The molecule has 0 aliphatic heterocycles. The summed E-state index contributed by atoms with van der Waals surface area (Å²) >= 11 is 12.3. The molecule has 3 rings (SSSR count). The number of nitrogens with one attached hydrogen (secondary N) is 1. The highest BCUT2D eigenvalue weighted by Gasteiger charge is 2.20. The Morgan fingerprint density at radius 2 is 1.90 bits per heavy atom. The first-order chi connectivity index (χ1) is 10.1. The van der Waals surface area contributed by atoms with Gasteiger partial charge in [0.2, 0.25) is 0 Å². The highest BCUT2D eigenvalue weighted by molar-refractivity contribution is 6.34.